The van der Waals surface area contributed by atoms with Crippen molar-refractivity contribution in [3.8, 4) is 5.75 Å². The van der Waals surface area contributed by atoms with Crippen molar-refractivity contribution in [3.63, 3.8) is 0 Å². The standard InChI is InChI=1S/C18H25ClN2O4/c1-13-10-14(19)5-6-16(13)25-12-17(22)21-8-3-4-15(7-9-21)20(2)11-18(23)24/h5-6,10,15H,3-4,7-9,11-12H2,1-2H3,(H,23,24). The Morgan fingerprint density at radius 1 is 1.36 bits per heavy atom. The molecule has 1 unspecified atom stereocenters. The number of likely N-dealkylation sites (tertiary alicyclic amines) is 1. The van der Waals surface area contributed by atoms with E-state index in [-0.39, 0.29) is 25.1 Å². The fourth-order valence-electron chi connectivity index (χ4n) is 3.12. The maximum Gasteiger partial charge on any atom is 0.317 e. The third-order valence-corrected chi connectivity index (χ3v) is 4.78. The van der Waals surface area contributed by atoms with Gasteiger partial charge in [-0.15, -0.1) is 0 Å². The number of nitrogens with zero attached hydrogens (tertiary/aromatic N) is 2. The first kappa shape index (κ1) is 19.5. The fraction of sp³-hybridized carbons (Fsp3) is 0.556. The molecule has 0 bridgehead atoms. The monoisotopic (exact) mass is 368 g/mol. The number of carbonyl (C=O) groups is 2. The molecule has 1 saturated heterocycles. The smallest absolute Gasteiger partial charge is 0.317 e. The van der Waals surface area contributed by atoms with E-state index in [1.165, 1.54) is 0 Å². The van der Waals surface area contributed by atoms with Crippen LogP contribution in [0, 0.1) is 6.92 Å². The van der Waals surface area contributed by atoms with Crippen LogP contribution in [-0.2, 0) is 9.59 Å². The Balaban J connectivity index is 1.85. The lowest BCUT2D eigenvalue weighted by molar-refractivity contribution is -0.138. The number of benzene rings is 1. The molecule has 1 aromatic carbocycles. The molecule has 25 heavy (non-hydrogen) atoms. The molecule has 0 saturated carbocycles. The Kier molecular flexibility index (Phi) is 7.08. The van der Waals surface area contributed by atoms with Crippen LogP contribution in [0.3, 0.4) is 0 Å². The maximum atomic E-state index is 12.4. The van der Waals surface area contributed by atoms with Gasteiger partial charge in [0, 0.05) is 24.2 Å². The van der Waals surface area contributed by atoms with Gasteiger partial charge >= 0.3 is 5.97 Å². The largest absolute Gasteiger partial charge is 0.483 e. The Hall–Kier alpha value is -1.79. The number of ether oxygens (including phenoxy) is 1. The van der Waals surface area contributed by atoms with E-state index in [0.717, 1.165) is 24.8 Å². The molecule has 1 atom stereocenters. The van der Waals surface area contributed by atoms with Gasteiger partial charge in [0.05, 0.1) is 6.54 Å². The van der Waals surface area contributed by atoms with Gasteiger partial charge in [-0.3, -0.25) is 14.5 Å². The Bertz CT molecular complexity index is 623. The van der Waals surface area contributed by atoms with Gasteiger partial charge in [0.2, 0.25) is 0 Å². The number of hydrogen-bond acceptors (Lipinski definition) is 4. The maximum absolute atomic E-state index is 12.4. The fourth-order valence-corrected chi connectivity index (χ4v) is 3.34. The first-order valence-corrected chi connectivity index (χ1v) is 8.83. The van der Waals surface area contributed by atoms with Crippen molar-refractivity contribution in [2.45, 2.75) is 32.2 Å². The summed E-state index contributed by atoms with van der Waals surface area (Å²) >= 11 is 5.92. The molecule has 7 heteroatoms. The summed E-state index contributed by atoms with van der Waals surface area (Å²) in [6.45, 7) is 3.21. The van der Waals surface area contributed by atoms with E-state index in [4.69, 9.17) is 21.4 Å². The molecule has 138 valence electrons. The number of aryl methyl sites for hydroxylation is 1. The van der Waals surface area contributed by atoms with E-state index in [2.05, 4.69) is 0 Å². The van der Waals surface area contributed by atoms with Crippen molar-refractivity contribution in [1.29, 1.82) is 0 Å². The van der Waals surface area contributed by atoms with Gasteiger partial charge in [-0.25, -0.2) is 0 Å². The molecular formula is C18H25ClN2O4. The highest BCUT2D eigenvalue weighted by atomic mass is 35.5. The predicted molar refractivity (Wildman–Crippen MR) is 96.2 cm³/mol. The number of aliphatic carboxylic acids is 1. The molecule has 0 aliphatic carbocycles. The minimum Gasteiger partial charge on any atom is -0.483 e. The zero-order chi connectivity index (χ0) is 18.4. The molecule has 0 spiro atoms. The molecule has 1 amide bonds. The highest BCUT2D eigenvalue weighted by Crippen LogP contribution is 2.22. The van der Waals surface area contributed by atoms with E-state index >= 15 is 0 Å². The third-order valence-electron chi connectivity index (χ3n) is 4.55. The summed E-state index contributed by atoms with van der Waals surface area (Å²) in [7, 11) is 1.82. The van der Waals surface area contributed by atoms with E-state index in [9.17, 15) is 9.59 Å². The Morgan fingerprint density at radius 3 is 2.80 bits per heavy atom. The van der Waals surface area contributed by atoms with Crippen LogP contribution in [0.2, 0.25) is 5.02 Å². The van der Waals surface area contributed by atoms with Gasteiger partial charge in [-0.05, 0) is 57.0 Å². The van der Waals surface area contributed by atoms with Crippen LogP contribution < -0.4 is 4.74 Å². The summed E-state index contributed by atoms with van der Waals surface area (Å²) in [5, 5.41) is 9.55. The van der Waals surface area contributed by atoms with E-state index in [0.29, 0.717) is 23.9 Å². The third kappa shape index (κ3) is 5.90. The lowest BCUT2D eigenvalue weighted by atomic mass is 10.1. The second kappa shape index (κ2) is 9.06. The molecule has 1 heterocycles. The quantitative estimate of drug-likeness (QED) is 0.835. The molecular weight excluding hydrogens is 344 g/mol. The topological polar surface area (TPSA) is 70.1 Å². The van der Waals surface area contributed by atoms with Crippen molar-refractivity contribution >= 4 is 23.5 Å². The average Bonchev–Trinajstić information content (AvgIpc) is 2.79. The van der Waals surface area contributed by atoms with Crippen molar-refractivity contribution in [1.82, 2.24) is 9.80 Å². The molecule has 6 nitrogen and oxygen atoms in total. The Morgan fingerprint density at radius 2 is 2.12 bits per heavy atom. The van der Waals surface area contributed by atoms with Crippen molar-refractivity contribution in [3.05, 3.63) is 28.8 Å². The van der Waals surface area contributed by atoms with Gasteiger partial charge in [0.15, 0.2) is 6.61 Å². The predicted octanol–water partition coefficient (Wildman–Crippen LogP) is 2.42. The number of carboxylic acids is 1. The minimum atomic E-state index is -0.827. The number of rotatable bonds is 6. The molecule has 1 fully saturated rings. The minimum absolute atomic E-state index is 0.00188. The second-order valence-corrected chi connectivity index (χ2v) is 6.91. The molecule has 0 aromatic heterocycles. The van der Waals surface area contributed by atoms with Crippen molar-refractivity contribution < 1.29 is 19.4 Å². The van der Waals surface area contributed by atoms with Gasteiger partial charge in [-0.1, -0.05) is 11.6 Å². The number of amides is 1. The molecule has 0 radical (unpaired) electrons. The van der Waals surface area contributed by atoms with E-state index in [1.807, 2.05) is 18.9 Å². The van der Waals surface area contributed by atoms with Gasteiger partial charge in [0.25, 0.3) is 5.91 Å². The van der Waals surface area contributed by atoms with Crippen molar-refractivity contribution in [2.24, 2.45) is 0 Å². The summed E-state index contributed by atoms with van der Waals surface area (Å²) in [6, 6.07) is 5.50. The van der Waals surface area contributed by atoms with E-state index in [1.54, 1.807) is 23.1 Å². The van der Waals surface area contributed by atoms with Crippen LogP contribution in [0.5, 0.6) is 5.75 Å². The number of hydrogen-bond donors (Lipinski definition) is 1. The van der Waals surface area contributed by atoms with Crippen LogP contribution in [0.1, 0.15) is 24.8 Å². The van der Waals surface area contributed by atoms with Crippen LogP contribution in [-0.4, -0.2) is 66.1 Å². The second-order valence-electron chi connectivity index (χ2n) is 6.47. The highest BCUT2D eigenvalue weighted by molar-refractivity contribution is 6.30. The average molecular weight is 369 g/mol. The van der Waals surface area contributed by atoms with Crippen LogP contribution >= 0.6 is 11.6 Å². The van der Waals surface area contributed by atoms with Crippen molar-refractivity contribution in [2.75, 3.05) is 33.3 Å². The summed E-state index contributed by atoms with van der Waals surface area (Å²) < 4.78 is 5.64. The number of carbonyl (C=O) groups excluding carboxylic acids is 1. The van der Waals surface area contributed by atoms with Crippen LogP contribution in [0.4, 0.5) is 0 Å². The normalized spacial score (nSPS) is 18.1. The Labute approximate surface area is 153 Å². The first-order valence-electron chi connectivity index (χ1n) is 8.45. The number of halogens is 1. The molecule has 1 aromatic rings. The first-order chi connectivity index (χ1) is 11.9. The van der Waals surface area contributed by atoms with E-state index < -0.39 is 5.97 Å². The summed E-state index contributed by atoms with van der Waals surface area (Å²) in [6.07, 6.45) is 2.53. The molecule has 2 rings (SSSR count). The van der Waals surface area contributed by atoms with Gasteiger partial charge < -0.3 is 14.7 Å². The zero-order valence-electron chi connectivity index (χ0n) is 14.7. The molecule has 1 aliphatic heterocycles. The lowest BCUT2D eigenvalue weighted by Crippen LogP contribution is -2.38. The van der Waals surface area contributed by atoms with Gasteiger partial charge in [0.1, 0.15) is 5.75 Å². The highest BCUT2D eigenvalue weighted by Gasteiger charge is 2.24. The molecule has 1 N–H and O–H groups in total. The summed E-state index contributed by atoms with van der Waals surface area (Å²) in [5.74, 6) is -0.214. The van der Waals surface area contributed by atoms with Crippen LogP contribution in [0.15, 0.2) is 18.2 Å². The summed E-state index contributed by atoms with van der Waals surface area (Å²) in [5.41, 5.74) is 0.895. The summed E-state index contributed by atoms with van der Waals surface area (Å²) in [4.78, 5) is 26.9. The van der Waals surface area contributed by atoms with Gasteiger partial charge in [-0.2, -0.15) is 0 Å². The lowest BCUT2D eigenvalue weighted by Gasteiger charge is -2.25. The number of likely N-dealkylation sites (N-methyl/N-ethyl adjacent to an activating group) is 1. The van der Waals surface area contributed by atoms with Crippen LogP contribution in [0.25, 0.3) is 0 Å². The zero-order valence-corrected chi connectivity index (χ0v) is 15.5. The molecule has 1 aliphatic rings. The SMILES string of the molecule is Cc1cc(Cl)ccc1OCC(=O)N1CCCC(N(C)CC(=O)O)CC1. The number of carboxylic acid groups (broad SMARTS) is 1.